The van der Waals surface area contributed by atoms with Gasteiger partial charge in [-0.3, -0.25) is 0 Å². The van der Waals surface area contributed by atoms with Crippen LogP contribution in [0.5, 0.6) is 0 Å². The third-order valence-electron chi connectivity index (χ3n) is 18.2. The molecule has 2 aliphatic rings. The highest BCUT2D eigenvalue weighted by Gasteiger charge is 2.49. The largest absolute Gasteiger partial charge is 0.308 e. The minimum Gasteiger partial charge on any atom is -0.308 e. The average molecular weight is 1150 g/mol. The van der Waals surface area contributed by atoms with Gasteiger partial charge >= 0.3 is 0 Å². The van der Waals surface area contributed by atoms with Gasteiger partial charge in [-0.2, -0.15) is 0 Å². The van der Waals surface area contributed by atoms with Crippen LogP contribution in [0.2, 0.25) is 0 Å². The van der Waals surface area contributed by atoms with Crippen LogP contribution < -0.4 is 9.80 Å². The highest BCUT2D eigenvalue weighted by Crippen LogP contribution is 2.60. The van der Waals surface area contributed by atoms with Crippen molar-refractivity contribution in [1.82, 2.24) is 0 Å². The fourth-order valence-electron chi connectivity index (χ4n) is 14.1. The topological polar surface area (TPSA) is 6.48 Å². The maximum atomic E-state index is 16.6. The van der Waals surface area contributed by atoms with Crippen LogP contribution in [0.15, 0.2) is 268 Å². The van der Waals surface area contributed by atoms with Gasteiger partial charge in [0.05, 0.1) is 16.5 Å². The van der Waals surface area contributed by atoms with Crippen molar-refractivity contribution in [3.8, 4) is 33.4 Å². The summed E-state index contributed by atoms with van der Waals surface area (Å²) >= 11 is 0. The van der Waals surface area contributed by atoms with Crippen LogP contribution in [0.3, 0.4) is 0 Å². The number of nitrogens with zero attached hydrogens (tertiary/aromatic N) is 2. The van der Waals surface area contributed by atoms with Crippen molar-refractivity contribution in [1.29, 1.82) is 0 Å². The maximum absolute atomic E-state index is 16.6. The minimum absolute atomic E-state index is 0.0491. The molecule has 12 aromatic rings. The molecule has 0 bridgehead atoms. The Labute approximate surface area is 511 Å². The van der Waals surface area contributed by atoms with Gasteiger partial charge in [-0.05, 0) is 201 Å². The van der Waals surface area contributed by atoms with Gasteiger partial charge < -0.3 is 9.80 Å². The second-order valence-electron chi connectivity index (χ2n) is 23.3. The van der Waals surface area contributed by atoms with E-state index in [-0.39, 0.29) is 11.4 Å². The summed E-state index contributed by atoms with van der Waals surface area (Å²) in [4.78, 5) is 3.45. The highest BCUT2D eigenvalue weighted by molar-refractivity contribution is 5.92. The molecule has 426 valence electrons. The smallest absolute Gasteiger partial charge is 0.150 e. The third kappa shape index (κ3) is 8.76. The van der Waals surface area contributed by atoms with E-state index in [1.54, 1.807) is 9.80 Å². The van der Waals surface area contributed by atoms with Crippen molar-refractivity contribution >= 4 is 46.3 Å². The summed E-state index contributed by atoms with van der Waals surface area (Å²) < 4.78 is 65.3. The Bertz CT molecular complexity index is 4740. The van der Waals surface area contributed by atoms with Crippen molar-refractivity contribution < 1.29 is 17.6 Å². The maximum Gasteiger partial charge on any atom is 0.150 e. The van der Waals surface area contributed by atoms with E-state index in [1.165, 1.54) is 30.3 Å². The Morgan fingerprint density at radius 1 is 0.330 bits per heavy atom. The molecule has 0 saturated carbocycles. The van der Waals surface area contributed by atoms with E-state index in [0.29, 0.717) is 22.7 Å². The van der Waals surface area contributed by atoms with E-state index in [1.807, 2.05) is 72.8 Å². The monoisotopic (exact) mass is 1150 g/mol. The first-order chi connectivity index (χ1) is 42.8. The van der Waals surface area contributed by atoms with Gasteiger partial charge in [0.1, 0.15) is 29.0 Å². The molecule has 2 atom stereocenters. The van der Waals surface area contributed by atoms with Gasteiger partial charge in [-0.25, -0.2) is 17.6 Å². The summed E-state index contributed by atoms with van der Waals surface area (Å²) in [6.45, 7) is 16.6. The molecule has 0 fully saturated rings. The molecule has 0 saturated heterocycles. The first-order valence-electron chi connectivity index (χ1n) is 29.6. The van der Waals surface area contributed by atoms with Crippen LogP contribution in [0.25, 0.3) is 45.5 Å². The van der Waals surface area contributed by atoms with E-state index in [9.17, 15) is 0 Å². The fourth-order valence-corrected chi connectivity index (χ4v) is 14.1. The number of halogens is 4. The summed E-state index contributed by atoms with van der Waals surface area (Å²) in [6, 6.07) is 82.5. The van der Waals surface area contributed by atoms with Gasteiger partial charge in [0.15, 0.2) is 0 Å². The van der Waals surface area contributed by atoms with Crippen LogP contribution in [0.1, 0.15) is 77.9 Å². The number of hydrogen-bond donors (Lipinski definition) is 0. The summed E-state index contributed by atoms with van der Waals surface area (Å²) in [5, 5.41) is 0. The summed E-state index contributed by atoms with van der Waals surface area (Å²) in [6.07, 6.45) is 3.68. The molecular weight excluding hydrogens is 1090 g/mol. The number of aryl methyl sites for hydroxylation is 4. The molecule has 2 nitrogen and oxygen atoms in total. The Balaban J connectivity index is 0.886. The zero-order valence-electron chi connectivity index (χ0n) is 49.2. The molecule has 6 heteroatoms. The zero-order chi connectivity index (χ0) is 60.6. The van der Waals surface area contributed by atoms with E-state index >= 15 is 17.6 Å². The van der Waals surface area contributed by atoms with Crippen molar-refractivity contribution in [2.45, 2.75) is 38.5 Å². The van der Waals surface area contributed by atoms with Gasteiger partial charge in [0.2, 0.25) is 0 Å². The Kier molecular flexibility index (Phi) is 13.7. The second kappa shape index (κ2) is 21.7. The van der Waals surface area contributed by atoms with Crippen LogP contribution >= 0.6 is 0 Å². The fraction of sp³-hybridized carbons (Fsp3) is 0.0732. The highest BCUT2D eigenvalue weighted by atomic mass is 19.1. The Hall–Kier alpha value is -10.6. The molecule has 2 unspecified atom stereocenters. The SMILES string of the molecule is C=Cc1ccc(C2(c3cc(C)ccc3C)c3ccccc3-c3ccc(N(c4ccc(-c5ccc(N(c6ccc7c(c6)C(c6ccc(C=C)cc6)(c6cc(C)ccc6C)c6ccccc6-7)c6c(F)cccc6F)cc5)cc4)c4cc(F)ccc4F)cc32)cc1. The Morgan fingerprint density at radius 3 is 1.22 bits per heavy atom. The lowest BCUT2D eigenvalue weighted by Crippen LogP contribution is -2.30. The number of fused-ring (bicyclic) bond motifs is 6. The first kappa shape index (κ1) is 55.3. The van der Waals surface area contributed by atoms with Gasteiger partial charge in [-0.1, -0.05) is 212 Å². The Morgan fingerprint density at radius 2 is 0.750 bits per heavy atom. The summed E-state index contributed by atoms with van der Waals surface area (Å²) in [5.74, 6) is -2.59. The standard InChI is InChI=1S/C82H60F4N2/c1-7-55-24-32-59(33-25-55)81(72-46-51(3)20-22-53(72)5)70-16-11-9-14-66(70)68-43-41-64(49-74(68)81)87(79-48-61(83)36-45-76(79)84)62-37-28-57(29-38-62)58-30-39-63(40-31-58)88(80-77(85)18-13-19-78(80)86)65-42-44-69-67-15-10-12-17-71(67)82(75(69)50-65,60-34-26-56(8-2)27-35-60)73-47-52(4)21-23-54(73)6/h7-50H,1-2H2,3-6H3. The molecule has 0 radical (unpaired) electrons. The lowest BCUT2D eigenvalue weighted by molar-refractivity contribution is 0.586. The molecular formula is C82H60F4N2. The predicted octanol–water partition coefficient (Wildman–Crippen LogP) is 22.1. The molecule has 0 amide bonds. The van der Waals surface area contributed by atoms with E-state index in [2.05, 4.69) is 199 Å². The first-order valence-corrected chi connectivity index (χ1v) is 29.6. The molecule has 2 aliphatic carbocycles. The van der Waals surface area contributed by atoms with Gasteiger partial charge in [-0.15, -0.1) is 0 Å². The van der Waals surface area contributed by atoms with Crippen LogP contribution in [-0.2, 0) is 10.8 Å². The van der Waals surface area contributed by atoms with Crippen LogP contribution in [0.4, 0.5) is 51.7 Å². The van der Waals surface area contributed by atoms with Gasteiger partial charge in [0.25, 0.3) is 0 Å². The molecule has 0 heterocycles. The van der Waals surface area contributed by atoms with E-state index < -0.39 is 34.1 Å². The predicted molar refractivity (Wildman–Crippen MR) is 355 cm³/mol. The van der Waals surface area contributed by atoms with E-state index in [4.69, 9.17) is 0 Å². The molecule has 0 N–H and O–H groups in total. The number of benzene rings is 12. The van der Waals surface area contributed by atoms with Crippen molar-refractivity contribution in [2.24, 2.45) is 0 Å². The van der Waals surface area contributed by atoms with Crippen molar-refractivity contribution in [2.75, 3.05) is 9.80 Å². The molecule has 14 rings (SSSR count). The zero-order valence-corrected chi connectivity index (χ0v) is 49.2. The van der Waals surface area contributed by atoms with Crippen molar-refractivity contribution in [3.63, 3.8) is 0 Å². The van der Waals surface area contributed by atoms with Crippen molar-refractivity contribution in [3.05, 3.63) is 369 Å². The molecule has 0 aliphatic heterocycles. The van der Waals surface area contributed by atoms with Crippen LogP contribution in [0, 0.1) is 51.0 Å². The quantitative estimate of drug-likeness (QED) is 0.106. The van der Waals surface area contributed by atoms with E-state index in [0.717, 1.165) is 117 Å². The normalized spacial score (nSPS) is 15.2. The molecule has 0 aromatic heterocycles. The minimum atomic E-state index is -0.806. The molecule has 88 heavy (non-hydrogen) atoms. The number of rotatable bonds is 13. The lowest BCUT2D eigenvalue weighted by atomic mass is 9.66. The second-order valence-corrected chi connectivity index (χ2v) is 23.3. The number of para-hydroxylation sites is 1. The average Bonchev–Trinajstić information content (AvgIpc) is 1.53. The summed E-state index contributed by atoms with van der Waals surface area (Å²) in [5.41, 5.74) is 21.5. The van der Waals surface area contributed by atoms with Gasteiger partial charge in [0, 0.05) is 28.8 Å². The molecule has 0 spiro atoms. The number of anilines is 6. The third-order valence-corrected chi connectivity index (χ3v) is 18.2. The van der Waals surface area contributed by atoms with Crippen LogP contribution in [-0.4, -0.2) is 0 Å². The lowest BCUT2D eigenvalue weighted by Gasteiger charge is -2.36. The number of hydrogen-bond acceptors (Lipinski definition) is 2. The summed E-state index contributed by atoms with van der Waals surface area (Å²) in [7, 11) is 0. The molecule has 12 aromatic carbocycles.